The lowest BCUT2D eigenvalue weighted by Gasteiger charge is -2.56. The van der Waals surface area contributed by atoms with Gasteiger partial charge in [0.05, 0.1) is 5.02 Å². The molecule has 1 amide bonds. The Balaban J connectivity index is 0.000000375. The minimum atomic E-state index is -0.547. The molecule has 1 aromatic rings. The van der Waals surface area contributed by atoms with Gasteiger partial charge in [-0.3, -0.25) is 14.5 Å². The van der Waals surface area contributed by atoms with Crippen molar-refractivity contribution in [3.63, 3.8) is 0 Å². The van der Waals surface area contributed by atoms with Crippen LogP contribution in [0.25, 0.3) is 0 Å². The lowest BCUT2D eigenvalue weighted by Crippen LogP contribution is -2.66. The second-order valence-corrected chi connectivity index (χ2v) is 9.25. The first-order valence-corrected chi connectivity index (χ1v) is 10.4. The average molecular weight is 444 g/mol. The quantitative estimate of drug-likeness (QED) is 0.395. The van der Waals surface area contributed by atoms with Crippen molar-refractivity contribution in [2.45, 2.75) is 63.7 Å². The van der Waals surface area contributed by atoms with Crippen LogP contribution in [-0.4, -0.2) is 60.4 Å². The molecular weight excluding hydrogens is 409 g/mol. The SMILES string of the molecule is CC1(C)CC(NC(=O)C=O)CC(C)(C)N1CC(N)CN.CNc1ccc(Cl)c(F)c1. The van der Waals surface area contributed by atoms with E-state index < -0.39 is 11.7 Å². The van der Waals surface area contributed by atoms with E-state index in [9.17, 15) is 14.0 Å². The standard InChI is InChI=1S/C14H28N4O2.C7H7ClFN/c1-13(2)5-11(17-12(20)9-19)6-14(3,4)18(13)8-10(16)7-15;1-10-5-2-3-6(8)7(9)4-5/h9-11H,5-8,15-16H2,1-4H3,(H,17,20);2-4,10H,1H3. The third-order valence-corrected chi connectivity index (χ3v) is 5.64. The average Bonchev–Trinajstić information content (AvgIpc) is 2.66. The fourth-order valence-electron chi connectivity index (χ4n) is 4.11. The Labute approximate surface area is 183 Å². The highest BCUT2D eigenvalue weighted by molar-refractivity contribution is 6.30. The molecule has 0 bridgehead atoms. The summed E-state index contributed by atoms with van der Waals surface area (Å²) in [5.74, 6) is -0.942. The summed E-state index contributed by atoms with van der Waals surface area (Å²) in [5, 5.41) is 5.73. The lowest BCUT2D eigenvalue weighted by atomic mass is 9.76. The minimum Gasteiger partial charge on any atom is -0.388 e. The third kappa shape index (κ3) is 7.50. The normalized spacial score (nSPS) is 19.2. The number of benzene rings is 1. The number of nitrogens with zero attached hydrogens (tertiary/aromatic N) is 1. The van der Waals surface area contributed by atoms with Crippen LogP contribution in [0.1, 0.15) is 40.5 Å². The molecule has 170 valence electrons. The van der Waals surface area contributed by atoms with Crippen molar-refractivity contribution < 1.29 is 14.0 Å². The van der Waals surface area contributed by atoms with E-state index >= 15 is 0 Å². The summed E-state index contributed by atoms with van der Waals surface area (Å²) in [5.41, 5.74) is 12.1. The van der Waals surface area contributed by atoms with Gasteiger partial charge in [-0.1, -0.05) is 11.6 Å². The number of rotatable bonds is 6. The number of carbonyl (C=O) groups is 2. The summed E-state index contributed by atoms with van der Waals surface area (Å²) >= 11 is 5.43. The van der Waals surface area contributed by atoms with Crippen LogP contribution in [0.5, 0.6) is 0 Å². The molecule has 1 aromatic carbocycles. The molecule has 1 unspecified atom stereocenters. The zero-order valence-electron chi connectivity index (χ0n) is 18.5. The number of halogens is 2. The number of piperidine rings is 1. The molecule has 9 heteroatoms. The van der Waals surface area contributed by atoms with Crippen LogP contribution < -0.4 is 22.1 Å². The zero-order valence-corrected chi connectivity index (χ0v) is 19.2. The number of nitrogens with one attached hydrogen (secondary N) is 2. The molecule has 30 heavy (non-hydrogen) atoms. The van der Waals surface area contributed by atoms with E-state index in [2.05, 4.69) is 43.2 Å². The van der Waals surface area contributed by atoms with E-state index in [0.717, 1.165) is 25.1 Å². The maximum absolute atomic E-state index is 12.6. The molecule has 1 atom stereocenters. The highest BCUT2D eigenvalue weighted by Gasteiger charge is 2.45. The molecule has 2 rings (SSSR count). The van der Waals surface area contributed by atoms with Crippen LogP contribution in [-0.2, 0) is 9.59 Å². The molecule has 7 nitrogen and oxygen atoms in total. The minimum absolute atomic E-state index is 0.00283. The molecule has 1 heterocycles. The van der Waals surface area contributed by atoms with Gasteiger partial charge in [-0.15, -0.1) is 0 Å². The highest BCUT2D eigenvalue weighted by Crippen LogP contribution is 2.38. The summed E-state index contributed by atoms with van der Waals surface area (Å²) in [6.07, 6.45) is 1.90. The van der Waals surface area contributed by atoms with E-state index in [1.54, 1.807) is 13.1 Å². The monoisotopic (exact) mass is 443 g/mol. The molecule has 6 N–H and O–H groups in total. The predicted octanol–water partition coefficient (Wildman–Crippen LogP) is 2.13. The van der Waals surface area contributed by atoms with Crippen LogP contribution in [0, 0.1) is 5.82 Å². The second kappa shape index (κ2) is 11.0. The van der Waals surface area contributed by atoms with Crippen LogP contribution >= 0.6 is 11.6 Å². The summed E-state index contributed by atoms with van der Waals surface area (Å²) in [7, 11) is 1.72. The molecule has 0 aromatic heterocycles. The van der Waals surface area contributed by atoms with Gasteiger partial charge in [0.1, 0.15) is 5.82 Å². The second-order valence-electron chi connectivity index (χ2n) is 8.84. The van der Waals surface area contributed by atoms with Gasteiger partial charge in [0.25, 0.3) is 5.91 Å². The summed E-state index contributed by atoms with van der Waals surface area (Å²) in [4.78, 5) is 24.1. The number of nitrogens with two attached hydrogens (primary N) is 2. The fourth-order valence-corrected chi connectivity index (χ4v) is 4.23. The topological polar surface area (TPSA) is 113 Å². The van der Waals surface area contributed by atoms with Gasteiger partial charge in [-0.05, 0) is 58.7 Å². The Morgan fingerprint density at radius 2 is 1.90 bits per heavy atom. The Kier molecular flexibility index (Phi) is 9.68. The first-order chi connectivity index (χ1) is 13.9. The number of hydrogen-bond donors (Lipinski definition) is 4. The molecule has 1 aliphatic rings. The summed E-state index contributed by atoms with van der Waals surface area (Å²) < 4.78 is 12.6. The smallest absolute Gasteiger partial charge is 0.284 e. The Morgan fingerprint density at radius 3 is 2.33 bits per heavy atom. The number of amides is 1. The van der Waals surface area contributed by atoms with Gasteiger partial charge in [0.15, 0.2) is 0 Å². The van der Waals surface area contributed by atoms with Crippen molar-refractivity contribution >= 4 is 29.5 Å². The first-order valence-electron chi connectivity index (χ1n) is 9.98. The van der Waals surface area contributed by atoms with Gasteiger partial charge in [-0.25, -0.2) is 4.39 Å². The summed E-state index contributed by atoms with van der Waals surface area (Å²) in [6, 6.07) is 4.52. The van der Waals surface area contributed by atoms with E-state index in [4.69, 9.17) is 23.1 Å². The van der Waals surface area contributed by atoms with E-state index in [1.807, 2.05) is 0 Å². The number of likely N-dealkylation sites (tertiary alicyclic amines) is 1. The predicted molar refractivity (Wildman–Crippen MR) is 120 cm³/mol. The van der Waals surface area contributed by atoms with Gasteiger partial charge in [0, 0.05) is 49.0 Å². The first kappa shape index (κ1) is 26.3. The zero-order chi connectivity index (χ0) is 23.1. The molecule has 0 radical (unpaired) electrons. The Hall–Kier alpha value is -1.74. The van der Waals surface area contributed by atoms with Crippen LogP contribution in [0.15, 0.2) is 18.2 Å². The van der Waals surface area contributed by atoms with Crippen molar-refractivity contribution in [3.8, 4) is 0 Å². The molecule has 0 saturated carbocycles. The number of carbonyl (C=O) groups excluding carboxylic acids is 2. The van der Waals surface area contributed by atoms with Crippen molar-refractivity contribution in [1.82, 2.24) is 10.2 Å². The van der Waals surface area contributed by atoms with Crippen molar-refractivity contribution in [2.75, 3.05) is 25.5 Å². The van der Waals surface area contributed by atoms with Crippen LogP contribution in [0.2, 0.25) is 5.02 Å². The number of hydrogen-bond acceptors (Lipinski definition) is 6. The van der Waals surface area contributed by atoms with Gasteiger partial charge < -0.3 is 22.1 Å². The molecule has 0 aliphatic carbocycles. The highest BCUT2D eigenvalue weighted by atomic mass is 35.5. The molecule has 0 spiro atoms. The van der Waals surface area contributed by atoms with Gasteiger partial charge >= 0.3 is 0 Å². The Bertz CT molecular complexity index is 711. The van der Waals surface area contributed by atoms with Crippen LogP contribution in [0.4, 0.5) is 10.1 Å². The van der Waals surface area contributed by atoms with E-state index in [0.29, 0.717) is 12.8 Å². The summed E-state index contributed by atoms with van der Waals surface area (Å²) in [6.45, 7) is 9.72. The fraction of sp³-hybridized carbons (Fsp3) is 0.619. The molecule has 1 fully saturated rings. The molecule has 1 aliphatic heterocycles. The lowest BCUT2D eigenvalue weighted by molar-refractivity contribution is -0.133. The maximum atomic E-state index is 12.6. The Morgan fingerprint density at radius 1 is 1.33 bits per heavy atom. The largest absolute Gasteiger partial charge is 0.388 e. The van der Waals surface area contributed by atoms with Gasteiger partial charge in [0.2, 0.25) is 6.29 Å². The third-order valence-electron chi connectivity index (χ3n) is 5.33. The number of aldehydes is 1. The maximum Gasteiger partial charge on any atom is 0.284 e. The van der Waals surface area contributed by atoms with E-state index in [-0.39, 0.29) is 28.2 Å². The number of anilines is 1. The van der Waals surface area contributed by atoms with Crippen molar-refractivity contribution in [3.05, 3.63) is 29.0 Å². The molecular formula is C21H35ClFN5O2. The van der Waals surface area contributed by atoms with Crippen LogP contribution in [0.3, 0.4) is 0 Å². The van der Waals surface area contributed by atoms with Crippen molar-refractivity contribution in [2.24, 2.45) is 11.5 Å². The van der Waals surface area contributed by atoms with E-state index in [1.165, 1.54) is 12.1 Å². The van der Waals surface area contributed by atoms with Crippen molar-refractivity contribution in [1.29, 1.82) is 0 Å². The molecule has 1 saturated heterocycles. The van der Waals surface area contributed by atoms with Gasteiger partial charge in [-0.2, -0.15) is 0 Å².